The molecular formula is C15H13FOS. The topological polar surface area (TPSA) is 17.1 Å². The summed E-state index contributed by atoms with van der Waals surface area (Å²) in [7, 11) is 0. The molecule has 0 bridgehead atoms. The molecule has 0 N–H and O–H groups in total. The maximum absolute atomic E-state index is 13.4. The Kier molecular flexibility index (Phi) is 4.53. The molecule has 0 saturated heterocycles. The van der Waals surface area contributed by atoms with Crippen LogP contribution in [0, 0.1) is 5.82 Å². The van der Waals surface area contributed by atoms with Crippen LogP contribution in [0.2, 0.25) is 0 Å². The molecule has 0 aliphatic carbocycles. The van der Waals surface area contributed by atoms with Gasteiger partial charge in [-0.05, 0) is 17.7 Å². The molecule has 0 saturated carbocycles. The normalized spacial score (nSPS) is 10.3. The number of carbonyl (C=O) groups is 1. The average Bonchev–Trinajstić information content (AvgIpc) is 2.40. The summed E-state index contributed by atoms with van der Waals surface area (Å²) in [6, 6.07) is 16.0. The largest absolute Gasteiger partial charge is 0.293 e. The lowest BCUT2D eigenvalue weighted by Gasteiger charge is -2.03. The molecule has 92 valence electrons. The van der Waals surface area contributed by atoms with Crippen molar-refractivity contribution in [3.05, 3.63) is 71.5 Å². The van der Waals surface area contributed by atoms with E-state index in [9.17, 15) is 9.18 Å². The standard InChI is InChI=1S/C15H13FOS/c16-14-9-5-4-8-13(14)15(17)11-18-10-12-6-2-1-3-7-12/h1-9H,10-11H2. The number of carbonyl (C=O) groups excluding carboxylic acids is 1. The fraction of sp³-hybridized carbons (Fsp3) is 0.133. The van der Waals surface area contributed by atoms with Crippen LogP contribution in [0.5, 0.6) is 0 Å². The number of benzene rings is 2. The smallest absolute Gasteiger partial charge is 0.175 e. The van der Waals surface area contributed by atoms with Crippen LogP contribution in [-0.4, -0.2) is 11.5 Å². The van der Waals surface area contributed by atoms with Crippen molar-refractivity contribution in [3.63, 3.8) is 0 Å². The van der Waals surface area contributed by atoms with E-state index < -0.39 is 5.82 Å². The van der Waals surface area contributed by atoms with Gasteiger partial charge in [-0.3, -0.25) is 4.79 Å². The first-order valence-corrected chi connectivity index (χ1v) is 6.82. The molecule has 18 heavy (non-hydrogen) atoms. The predicted octanol–water partition coefficient (Wildman–Crippen LogP) is 3.94. The quantitative estimate of drug-likeness (QED) is 0.757. The van der Waals surface area contributed by atoms with Crippen molar-refractivity contribution in [1.82, 2.24) is 0 Å². The Morgan fingerprint density at radius 1 is 1.00 bits per heavy atom. The summed E-state index contributed by atoms with van der Waals surface area (Å²) in [5, 5.41) is 0. The van der Waals surface area contributed by atoms with E-state index in [2.05, 4.69) is 0 Å². The summed E-state index contributed by atoms with van der Waals surface area (Å²) < 4.78 is 13.4. The Bertz CT molecular complexity index is 525. The first-order chi connectivity index (χ1) is 8.77. The van der Waals surface area contributed by atoms with Crippen molar-refractivity contribution < 1.29 is 9.18 Å². The van der Waals surface area contributed by atoms with E-state index in [1.54, 1.807) is 12.1 Å². The van der Waals surface area contributed by atoms with Crippen LogP contribution < -0.4 is 0 Å². The van der Waals surface area contributed by atoms with Gasteiger partial charge in [0.05, 0.1) is 11.3 Å². The predicted molar refractivity (Wildman–Crippen MR) is 73.3 cm³/mol. The molecule has 0 aliphatic heterocycles. The molecule has 2 rings (SSSR count). The molecule has 0 amide bonds. The van der Waals surface area contributed by atoms with Crippen molar-refractivity contribution in [2.45, 2.75) is 5.75 Å². The molecule has 1 nitrogen and oxygen atoms in total. The molecule has 0 heterocycles. The summed E-state index contributed by atoms with van der Waals surface area (Å²) >= 11 is 1.50. The third kappa shape index (κ3) is 3.44. The molecule has 0 spiro atoms. The van der Waals surface area contributed by atoms with Crippen LogP contribution in [-0.2, 0) is 5.75 Å². The molecule has 0 fully saturated rings. The molecule has 0 atom stereocenters. The number of rotatable bonds is 5. The van der Waals surface area contributed by atoms with Crippen molar-refractivity contribution >= 4 is 17.5 Å². The van der Waals surface area contributed by atoms with E-state index >= 15 is 0 Å². The number of halogens is 1. The highest BCUT2D eigenvalue weighted by Crippen LogP contribution is 2.15. The van der Waals surface area contributed by atoms with Gasteiger partial charge in [0.1, 0.15) is 5.82 Å². The molecule has 0 unspecified atom stereocenters. The van der Waals surface area contributed by atoms with Crippen LogP contribution in [0.4, 0.5) is 4.39 Å². The number of hydrogen-bond acceptors (Lipinski definition) is 2. The second kappa shape index (κ2) is 6.36. The second-order valence-corrected chi connectivity index (χ2v) is 4.87. The first-order valence-electron chi connectivity index (χ1n) is 5.67. The van der Waals surface area contributed by atoms with E-state index in [0.717, 1.165) is 5.75 Å². The molecule has 0 aliphatic rings. The molecular weight excluding hydrogens is 247 g/mol. The third-order valence-corrected chi connectivity index (χ3v) is 3.52. The van der Waals surface area contributed by atoms with Gasteiger partial charge in [-0.25, -0.2) is 4.39 Å². The monoisotopic (exact) mass is 260 g/mol. The first kappa shape index (κ1) is 12.8. The zero-order chi connectivity index (χ0) is 12.8. The SMILES string of the molecule is O=C(CSCc1ccccc1)c1ccccc1F. The summed E-state index contributed by atoms with van der Waals surface area (Å²) in [4.78, 5) is 11.8. The highest BCUT2D eigenvalue weighted by Gasteiger charge is 2.10. The maximum Gasteiger partial charge on any atom is 0.175 e. The van der Waals surface area contributed by atoms with E-state index in [-0.39, 0.29) is 11.3 Å². The number of hydrogen-bond donors (Lipinski definition) is 0. The molecule has 0 aromatic heterocycles. The third-order valence-electron chi connectivity index (χ3n) is 2.52. The average molecular weight is 260 g/mol. The molecule has 3 heteroatoms. The van der Waals surface area contributed by atoms with Gasteiger partial charge < -0.3 is 0 Å². The van der Waals surface area contributed by atoms with Gasteiger partial charge in [0, 0.05) is 5.75 Å². The Labute approximate surface area is 110 Å². The van der Waals surface area contributed by atoms with Crippen LogP contribution in [0.3, 0.4) is 0 Å². The van der Waals surface area contributed by atoms with Gasteiger partial charge in [-0.2, -0.15) is 0 Å². The number of Topliss-reactive ketones (excluding diaryl/α,β-unsaturated/α-hetero) is 1. The fourth-order valence-corrected chi connectivity index (χ4v) is 2.47. The van der Waals surface area contributed by atoms with E-state index in [4.69, 9.17) is 0 Å². The van der Waals surface area contributed by atoms with Crippen molar-refractivity contribution in [2.24, 2.45) is 0 Å². The Balaban J connectivity index is 1.88. The second-order valence-electron chi connectivity index (χ2n) is 3.88. The van der Waals surface area contributed by atoms with Crippen LogP contribution in [0.15, 0.2) is 54.6 Å². The van der Waals surface area contributed by atoms with Crippen molar-refractivity contribution in [3.8, 4) is 0 Å². The summed E-state index contributed by atoms with van der Waals surface area (Å²) in [6.07, 6.45) is 0. The van der Waals surface area contributed by atoms with Gasteiger partial charge in [-0.1, -0.05) is 42.5 Å². The highest BCUT2D eigenvalue weighted by atomic mass is 32.2. The van der Waals surface area contributed by atoms with Gasteiger partial charge in [-0.15, -0.1) is 11.8 Å². The van der Waals surface area contributed by atoms with E-state index in [1.807, 2.05) is 30.3 Å². The zero-order valence-electron chi connectivity index (χ0n) is 9.80. The number of ketones is 1. The lowest BCUT2D eigenvalue weighted by Crippen LogP contribution is -2.05. The van der Waals surface area contributed by atoms with Crippen molar-refractivity contribution in [1.29, 1.82) is 0 Å². The van der Waals surface area contributed by atoms with Crippen molar-refractivity contribution in [2.75, 3.05) is 5.75 Å². The lowest BCUT2D eigenvalue weighted by molar-refractivity contribution is 0.101. The van der Waals surface area contributed by atoms with E-state index in [0.29, 0.717) is 5.75 Å². The zero-order valence-corrected chi connectivity index (χ0v) is 10.6. The summed E-state index contributed by atoms with van der Waals surface area (Å²) in [6.45, 7) is 0. The molecule has 2 aromatic carbocycles. The van der Waals surface area contributed by atoms with Crippen LogP contribution >= 0.6 is 11.8 Å². The maximum atomic E-state index is 13.4. The molecule has 2 aromatic rings. The molecule has 0 radical (unpaired) electrons. The van der Waals surface area contributed by atoms with Gasteiger partial charge in [0.2, 0.25) is 0 Å². The lowest BCUT2D eigenvalue weighted by atomic mass is 10.1. The van der Waals surface area contributed by atoms with Gasteiger partial charge >= 0.3 is 0 Å². The fourth-order valence-electron chi connectivity index (χ4n) is 1.60. The Morgan fingerprint density at radius 3 is 2.39 bits per heavy atom. The number of thioether (sulfide) groups is 1. The summed E-state index contributed by atoms with van der Waals surface area (Å²) in [5.74, 6) is 0.466. The minimum absolute atomic E-state index is 0.158. The minimum Gasteiger partial charge on any atom is -0.293 e. The summed E-state index contributed by atoms with van der Waals surface area (Å²) in [5.41, 5.74) is 1.35. The Morgan fingerprint density at radius 2 is 1.67 bits per heavy atom. The highest BCUT2D eigenvalue weighted by molar-refractivity contribution is 7.99. The Hall–Kier alpha value is -1.61. The van der Waals surface area contributed by atoms with Crippen LogP contribution in [0.1, 0.15) is 15.9 Å². The van der Waals surface area contributed by atoms with Gasteiger partial charge in [0.15, 0.2) is 5.78 Å². The van der Waals surface area contributed by atoms with Gasteiger partial charge in [0.25, 0.3) is 0 Å². The van der Waals surface area contributed by atoms with E-state index in [1.165, 1.54) is 29.5 Å². The van der Waals surface area contributed by atoms with Crippen LogP contribution in [0.25, 0.3) is 0 Å². The minimum atomic E-state index is -0.442.